The first-order chi connectivity index (χ1) is 12.2. The van der Waals surface area contributed by atoms with Gasteiger partial charge in [-0.05, 0) is 18.2 Å². The summed E-state index contributed by atoms with van der Waals surface area (Å²) in [7, 11) is -4.06. The van der Waals surface area contributed by atoms with Crippen molar-refractivity contribution in [1.82, 2.24) is 5.16 Å². The summed E-state index contributed by atoms with van der Waals surface area (Å²) in [6, 6.07) is 12.8. The molecule has 3 rings (SSSR count). The minimum absolute atomic E-state index is 0.0901. The molecule has 9 heteroatoms. The van der Waals surface area contributed by atoms with Crippen LogP contribution in [0, 0.1) is 0 Å². The lowest BCUT2D eigenvalue weighted by Gasteiger charge is -2.10. The topological polar surface area (TPSA) is 60.2 Å². The number of benzene rings is 2. The molecule has 0 aliphatic heterocycles. The molecule has 0 radical (unpaired) electrons. The van der Waals surface area contributed by atoms with Crippen molar-refractivity contribution in [3.8, 4) is 11.3 Å². The van der Waals surface area contributed by atoms with E-state index in [2.05, 4.69) is 5.16 Å². The summed E-state index contributed by atoms with van der Waals surface area (Å²) >= 11 is 5.52. The number of aromatic nitrogens is 1. The van der Waals surface area contributed by atoms with Crippen molar-refractivity contribution in [3.05, 3.63) is 70.9 Å². The smallest absolute Gasteiger partial charge is 0.356 e. The molecule has 0 spiro atoms. The van der Waals surface area contributed by atoms with E-state index < -0.39 is 37.2 Å². The SMILES string of the molecule is O=S(=O)(Cc1cc(-c2ccccc2)on1)c1ccc(Cl)c(C(F)(F)F)c1. The Hall–Kier alpha value is -2.32. The lowest BCUT2D eigenvalue weighted by molar-refractivity contribution is -0.137. The van der Waals surface area contributed by atoms with Crippen molar-refractivity contribution in [1.29, 1.82) is 0 Å². The average Bonchev–Trinajstić information content (AvgIpc) is 3.02. The zero-order chi connectivity index (χ0) is 18.9. The highest BCUT2D eigenvalue weighted by atomic mass is 35.5. The third kappa shape index (κ3) is 3.91. The summed E-state index contributed by atoms with van der Waals surface area (Å²) in [5, 5.41) is 3.12. The predicted octanol–water partition coefficient (Wildman–Crippen LogP) is 4.99. The summed E-state index contributed by atoms with van der Waals surface area (Å²) in [5.74, 6) is -0.231. The first kappa shape index (κ1) is 18.5. The quantitative estimate of drug-likeness (QED) is 0.618. The van der Waals surface area contributed by atoms with Gasteiger partial charge in [-0.1, -0.05) is 47.1 Å². The van der Waals surface area contributed by atoms with Gasteiger partial charge >= 0.3 is 6.18 Å². The highest BCUT2D eigenvalue weighted by Crippen LogP contribution is 2.36. The van der Waals surface area contributed by atoms with Crippen LogP contribution in [-0.2, 0) is 21.8 Å². The van der Waals surface area contributed by atoms with Gasteiger partial charge in [-0.25, -0.2) is 8.42 Å². The van der Waals surface area contributed by atoms with E-state index in [1.807, 2.05) is 6.07 Å². The van der Waals surface area contributed by atoms with Crippen molar-refractivity contribution < 1.29 is 26.1 Å². The van der Waals surface area contributed by atoms with Crippen LogP contribution in [0.3, 0.4) is 0 Å². The number of hydrogen-bond donors (Lipinski definition) is 0. The molecule has 0 N–H and O–H groups in total. The second-order valence-electron chi connectivity index (χ2n) is 5.45. The maximum atomic E-state index is 12.9. The fourth-order valence-electron chi connectivity index (χ4n) is 2.31. The molecule has 1 aromatic heterocycles. The van der Waals surface area contributed by atoms with Gasteiger partial charge in [0.2, 0.25) is 0 Å². The van der Waals surface area contributed by atoms with Crippen LogP contribution >= 0.6 is 11.6 Å². The molecule has 136 valence electrons. The van der Waals surface area contributed by atoms with Crippen LogP contribution in [0.2, 0.25) is 5.02 Å². The third-order valence-electron chi connectivity index (χ3n) is 3.56. The highest BCUT2D eigenvalue weighted by molar-refractivity contribution is 7.90. The van der Waals surface area contributed by atoms with Crippen molar-refractivity contribution in [2.75, 3.05) is 0 Å². The molecule has 0 aliphatic carbocycles. The van der Waals surface area contributed by atoms with Crippen LogP contribution in [0.15, 0.2) is 64.0 Å². The maximum absolute atomic E-state index is 12.9. The summed E-state index contributed by atoms with van der Waals surface area (Å²) in [4.78, 5) is -0.488. The Bertz CT molecular complexity index is 1030. The van der Waals surface area contributed by atoms with E-state index in [9.17, 15) is 21.6 Å². The molecule has 0 amide bonds. The molecule has 0 atom stereocenters. The molecule has 0 bridgehead atoms. The molecule has 0 fully saturated rings. The molecular weight excluding hydrogens is 391 g/mol. The monoisotopic (exact) mass is 401 g/mol. The summed E-state index contributed by atoms with van der Waals surface area (Å²) in [6.07, 6.45) is -4.75. The molecule has 1 heterocycles. The van der Waals surface area contributed by atoms with E-state index in [1.54, 1.807) is 24.3 Å². The molecule has 0 saturated heterocycles. The first-order valence-electron chi connectivity index (χ1n) is 7.27. The zero-order valence-electron chi connectivity index (χ0n) is 13.0. The predicted molar refractivity (Wildman–Crippen MR) is 89.3 cm³/mol. The number of rotatable bonds is 4. The minimum Gasteiger partial charge on any atom is -0.356 e. The highest BCUT2D eigenvalue weighted by Gasteiger charge is 2.34. The van der Waals surface area contributed by atoms with Crippen LogP contribution in [0.25, 0.3) is 11.3 Å². The van der Waals surface area contributed by atoms with Gasteiger partial charge in [0, 0.05) is 11.6 Å². The Labute approximate surface area is 152 Å². The molecule has 0 saturated carbocycles. The second-order valence-corrected chi connectivity index (χ2v) is 7.84. The van der Waals surface area contributed by atoms with E-state index in [0.29, 0.717) is 17.4 Å². The van der Waals surface area contributed by atoms with Gasteiger partial charge in [0.05, 0.1) is 21.2 Å². The summed E-state index contributed by atoms with van der Waals surface area (Å²) < 4.78 is 68.8. The Morgan fingerprint density at radius 3 is 2.38 bits per heavy atom. The Morgan fingerprint density at radius 1 is 1.04 bits per heavy atom. The Kier molecular flexibility index (Phi) is 4.81. The van der Waals surface area contributed by atoms with Crippen LogP contribution < -0.4 is 0 Å². The second kappa shape index (κ2) is 6.77. The first-order valence-corrected chi connectivity index (χ1v) is 9.30. The van der Waals surface area contributed by atoms with Crippen LogP contribution in [-0.4, -0.2) is 13.6 Å². The number of hydrogen-bond acceptors (Lipinski definition) is 4. The van der Waals surface area contributed by atoms with Gasteiger partial charge in [0.1, 0.15) is 5.75 Å². The molecule has 0 unspecified atom stereocenters. The van der Waals surface area contributed by atoms with Crippen molar-refractivity contribution in [2.45, 2.75) is 16.8 Å². The molecule has 2 aromatic carbocycles. The lowest BCUT2D eigenvalue weighted by Crippen LogP contribution is -2.10. The molecule has 0 aliphatic rings. The summed E-state index contributed by atoms with van der Waals surface area (Å²) in [5.41, 5.74) is -0.410. The fourth-order valence-corrected chi connectivity index (χ4v) is 3.80. The largest absolute Gasteiger partial charge is 0.417 e. The van der Waals surface area contributed by atoms with Crippen molar-refractivity contribution in [3.63, 3.8) is 0 Å². The van der Waals surface area contributed by atoms with Gasteiger partial charge in [0.15, 0.2) is 15.6 Å². The zero-order valence-corrected chi connectivity index (χ0v) is 14.6. The van der Waals surface area contributed by atoms with E-state index in [0.717, 1.165) is 12.1 Å². The van der Waals surface area contributed by atoms with E-state index >= 15 is 0 Å². The normalized spacial score (nSPS) is 12.3. The van der Waals surface area contributed by atoms with Gasteiger partial charge < -0.3 is 4.52 Å². The van der Waals surface area contributed by atoms with Gasteiger partial charge in [-0.2, -0.15) is 13.2 Å². The standard InChI is InChI=1S/C17H11ClF3NO3S/c18-15-7-6-13(9-14(15)17(19,20)21)26(23,24)10-12-8-16(25-22-12)11-4-2-1-3-5-11/h1-9H,10H2. The van der Waals surface area contributed by atoms with Crippen LogP contribution in [0.4, 0.5) is 13.2 Å². The van der Waals surface area contributed by atoms with Crippen molar-refractivity contribution >= 4 is 21.4 Å². The van der Waals surface area contributed by atoms with Gasteiger partial charge in [0.25, 0.3) is 0 Å². The lowest BCUT2D eigenvalue weighted by atomic mass is 10.2. The minimum atomic E-state index is -4.75. The Balaban J connectivity index is 1.90. The molecule has 3 aromatic rings. The fraction of sp³-hybridized carbons (Fsp3) is 0.118. The van der Waals surface area contributed by atoms with Crippen molar-refractivity contribution in [2.24, 2.45) is 0 Å². The number of halogens is 4. The van der Waals surface area contributed by atoms with E-state index in [1.165, 1.54) is 6.07 Å². The number of sulfone groups is 1. The molecule has 26 heavy (non-hydrogen) atoms. The number of nitrogens with zero attached hydrogens (tertiary/aromatic N) is 1. The summed E-state index contributed by atoms with van der Waals surface area (Å²) in [6.45, 7) is 0. The van der Waals surface area contributed by atoms with E-state index in [-0.39, 0.29) is 5.69 Å². The Morgan fingerprint density at radius 2 is 1.73 bits per heavy atom. The van der Waals surface area contributed by atoms with E-state index in [4.69, 9.17) is 16.1 Å². The van der Waals surface area contributed by atoms with Gasteiger partial charge in [-0.3, -0.25) is 0 Å². The van der Waals surface area contributed by atoms with Gasteiger partial charge in [-0.15, -0.1) is 0 Å². The molecular formula is C17H11ClF3NO3S. The third-order valence-corrected chi connectivity index (χ3v) is 5.54. The maximum Gasteiger partial charge on any atom is 0.417 e. The van der Waals surface area contributed by atoms with Crippen LogP contribution in [0.5, 0.6) is 0 Å². The van der Waals surface area contributed by atoms with Crippen LogP contribution in [0.1, 0.15) is 11.3 Å². The average molecular weight is 402 g/mol. The number of alkyl halides is 3. The molecule has 4 nitrogen and oxygen atoms in total.